The van der Waals surface area contributed by atoms with Crippen molar-refractivity contribution in [2.24, 2.45) is 5.92 Å². The summed E-state index contributed by atoms with van der Waals surface area (Å²) >= 11 is 0. The van der Waals surface area contributed by atoms with Crippen LogP contribution in [0.1, 0.15) is 19.8 Å². The van der Waals surface area contributed by atoms with Crippen LogP contribution >= 0.6 is 0 Å². The van der Waals surface area contributed by atoms with E-state index in [1.54, 1.807) is 0 Å². The van der Waals surface area contributed by atoms with Gasteiger partial charge in [0.1, 0.15) is 0 Å². The Labute approximate surface area is 123 Å². The lowest BCUT2D eigenvalue weighted by Gasteiger charge is -2.29. The number of aromatic amines is 1. The predicted molar refractivity (Wildman–Crippen MR) is 75.3 cm³/mol. The first-order valence-corrected chi connectivity index (χ1v) is 8.56. The van der Waals surface area contributed by atoms with Gasteiger partial charge in [-0.3, -0.25) is 10.1 Å². The van der Waals surface area contributed by atoms with Gasteiger partial charge in [0.2, 0.25) is 21.9 Å². The molecule has 0 unspecified atom stereocenters. The number of hydrogen-bond donors (Lipinski definition) is 2. The number of anilines is 1. The molecule has 1 aromatic rings. The van der Waals surface area contributed by atoms with Gasteiger partial charge in [-0.2, -0.15) is 4.98 Å². The highest BCUT2D eigenvalue weighted by Gasteiger charge is 2.29. The van der Waals surface area contributed by atoms with Crippen LogP contribution in [0.3, 0.4) is 0 Å². The number of nitrogens with one attached hydrogen (secondary N) is 2. The molecule has 1 aliphatic heterocycles. The Morgan fingerprint density at radius 1 is 1.48 bits per heavy atom. The van der Waals surface area contributed by atoms with Gasteiger partial charge in [0, 0.05) is 19.0 Å². The fraction of sp³-hybridized carbons (Fsp3) is 0.727. The van der Waals surface area contributed by atoms with E-state index >= 15 is 0 Å². The van der Waals surface area contributed by atoms with E-state index in [2.05, 4.69) is 20.5 Å². The highest BCUT2D eigenvalue weighted by atomic mass is 32.2. The van der Waals surface area contributed by atoms with Gasteiger partial charge in [-0.1, -0.05) is 0 Å². The topological polar surface area (TPSA) is 117 Å². The van der Waals surface area contributed by atoms with Crippen molar-refractivity contribution in [1.29, 1.82) is 0 Å². The van der Waals surface area contributed by atoms with E-state index in [4.69, 9.17) is 4.74 Å². The van der Waals surface area contributed by atoms with E-state index in [0.29, 0.717) is 32.5 Å². The van der Waals surface area contributed by atoms with E-state index in [1.807, 2.05) is 6.92 Å². The maximum Gasteiger partial charge on any atom is 0.337 e. The van der Waals surface area contributed by atoms with Crippen LogP contribution in [0.25, 0.3) is 0 Å². The summed E-state index contributed by atoms with van der Waals surface area (Å²) in [5.74, 6) is -0.194. The summed E-state index contributed by atoms with van der Waals surface area (Å²) in [7, 11) is -3.18. The highest BCUT2D eigenvalue weighted by Crippen LogP contribution is 2.20. The number of sulfonamides is 1. The largest absolute Gasteiger partial charge is 0.463 e. The maximum absolute atomic E-state index is 12.1. The third-order valence-electron chi connectivity index (χ3n) is 3.27. The van der Waals surface area contributed by atoms with Crippen molar-refractivity contribution in [2.75, 3.05) is 31.3 Å². The first-order chi connectivity index (χ1) is 9.90. The molecule has 0 spiro atoms. The quantitative estimate of drug-likeness (QED) is 0.777. The molecule has 0 saturated carbocycles. The number of amides is 1. The predicted octanol–water partition coefficient (Wildman–Crippen LogP) is -0.186. The van der Waals surface area contributed by atoms with Gasteiger partial charge in [0.05, 0.1) is 12.9 Å². The number of ether oxygens (including phenoxy) is 1. The van der Waals surface area contributed by atoms with Crippen molar-refractivity contribution in [3.8, 4) is 6.01 Å². The lowest BCUT2D eigenvalue weighted by Crippen LogP contribution is -2.41. The Hall–Kier alpha value is -1.68. The first kappa shape index (κ1) is 15.7. The minimum atomic E-state index is -3.18. The Morgan fingerprint density at radius 3 is 2.71 bits per heavy atom. The Bertz CT molecular complexity index is 592. The van der Waals surface area contributed by atoms with Gasteiger partial charge in [-0.25, -0.2) is 17.8 Å². The summed E-state index contributed by atoms with van der Waals surface area (Å²) in [5, 5.41) is 8.99. The zero-order valence-electron chi connectivity index (χ0n) is 12.0. The summed E-state index contributed by atoms with van der Waals surface area (Å²) in [6.07, 6.45) is 2.16. The van der Waals surface area contributed by atoms with Crippen molar-refractivity contribution < 1.29 is 17.9 Å². The van der Waals surface area contributed by atoms with E-state index in [1.165, 1.54) is 10.6 Å². The summed E-state index contributed by atoms with van der Waals surface area (Å²) in [5.41, 5.74) is 0. The average Bonchev–Trinajstić information content (AvgIpc) is 2.86. The van der Waals surface area contributed by atoms with Crippen LogP contribution in [0.2, 0.25) is 0 Å². The van der Waals surface area contributed by atoms with Crippen LogP contribution in [0.15, 0.2) is 0 Å². The molecule has 0 bridgehead atoms. The number of hydrogen-bond acceptors (Lipinski definition) is 6. The number of aromatic nitrogens is 3. The molecule has 1 aromatic heterocycles. The number of H-pyrrole nitrogens is 1. The van der Waals surface area contributed by atoms with Gasteiger partial charge < -0.3 is 4.74 Å². The summed E-state index contributed by atoms with van der Waals surface area (Å²) in [6.45, 7) is 2.97. The fourth-order valence-corrected chi connectivity index (χ4v) is 3.04. The second kappa shape index (κ2) is 6.39. The molecule has 2 heterocycles. The summed E-state index contributed by atoms with van der Waals surface area (Å²) in [6, 6.07) is 0.180. The zero-order valence-corrected chi connectivity index (χ0v) is 12.8. The molecule has 2 N–H and O–H groups in total. The van der Waals surface area contributed by atoms with E-state index in [9.17, 15) is 13.2 Å². The van der Waals surface area contributed by atoms with Crippen LogP contribution in [0.4, 0.5) is 5.95 Å². The van der Waals surface area contributed by atoms with Crippen LogP contribution in [-0.2, 0) is 14.8 Å². The fourth-order valence-electron chi connectivity index (χ4n) is 2.16. The molecule has 9 nitrogen and oxygen atoms in total. The monoisotopic (exact) mass is 317 g/mol. The summed E-state index contributed by atoms with van der Waals surface area (Å²) in [4.78, 5) is 16.0. The van der Waals surface area contributed by atoms with Crippen LogP contribution in [0, 0.1) is 5.92 Å². The van der Waals surface area contributed by atoms with Crippen molar-refractivity contribution in [2.45, 2.75) is 19.8 Å². The third kappa shape index (κ3) is 4.14. The molecule has 0 atom stereocenters. The van der Waals surface area contributed by atoms with Crippen LogP contribution < -0.4 is 10.1 Å². The van der Waals surface area contributed by atoms with E-state index in [-0.39, 0.29) is 23.8 Å². The second-order valence-electron chi connectivity index (χ2n) is 4.83. The van der Waals surface area contributed by atoms with Crippen molar-refractivity contribution in [1.82, 2.24) is 19.5 Å². The molecular formula is C11H19N5O4S. The highest BCUT2D eigenvalue weighted by molar-refractivity contribution is 7.88. The van der Waals surface area contributed by atoms with Crippen LogP contribution in [0.5, 0.6) is 6.01 Å². The molecule has 21 heavy (non-hydrogen) atoms. The third-order valence-corrected chi connectivity index (χ3v) is 4.58. The second-order valence-corrected chi connectivity index (χ2v) is 6.81. The molecule has 1 amide bonds. The maximum atomic E-state index is 12.1. The van der Waals surface area contributed by atoms with Gasteiger partial charge >= 0.3 is 6.01 Å². The smallest absolute Gasteiger partial charge is 0.337 e. The Morgan fingerprint density at radius 2 is 2.14 bits per heavy atom. The van der Waals surface area contributed by atoms with Gasteiger partial charge in [0.25, 0.3) is 0 Å². The minimum Gasteiger partial charge on any atom is -0.463 e. The number of carbonyl (C=O) groups excluding carboxylic acids is 1. The number of nitrogens with zero attached hydrogens (tertiary/aromatic N) is 3. The first-order valence-electron chi connectivity index (χ1n) is 6.71. The Kier molecular flexibility index (Phi) is 4.78. The number of rotatable bonds is 5. The Balaban J connectivity index is 1.87. The molecule has 2 rings (SSSR count). The SMILES string of the molecule is CCOc1n[nH]c(NC(=O)C2CCN(S(C)(=O)=O)CC2)n1. The molecule has 118 valence electrons. The average molecular weight is 317 g/mol. The normalized spacial score (nSPS) is 17.6. The van der Waals surface area contributed by atoms with Crippen molar-refractivity contribution in [3.05, 3.63) is 0 Å². The lowest BCUT2D eigenvalue weighted by molar-refractivity contribution is -0.121. The van der Waals surface area contributed by atoms with Crippen molar-refractivity contribution in [3.63, 3.8) is 0 Å². The van der Waals surface area contributed by atoms with Gasteiger partial charge in [-0.05, 0) is 19.8 Å². The molecule has 1 fully saturated rings. The van der Waals surface area contributed by atoms with Gasteiger partial charge in [0.15, 0.2) is 0 Å². The molecule has 0 aliphatic carbocycles. The lowest BCUT2D eigenvalue weighted by atomic mass is 9.97. The van der Waals surface area contributed by atoms with Crippen LogP contribution in [-0.4, -0.2) is 59.8 Å². The molecule has 0 aromatic carbocycles. The molecule has 1 saturated heterocycles. The van der Waals surface area contributed by atoms with E-state index in [0.717, 1.165) is 0 Å². The molecule has 1 aliphatic rings. The number of piperidine rings is 1. The molecule has 10 heteroatoms. The molecule has 0 radical (unpaired) electrons. The minimum absolute atomic E-state index is 0.180. The molecular weight excluding hydrogens is 298 g/mol. The standard InChI is InChI=1S/C11H19N5O4S/c1-3-20-11-13-10(14-15-11)12-9(17)8-4-6-16(7-5-8)21(2,18)19/h8H,3-7H2,1-2H3,(H2,12,13,14,15,17). The van der Waals surface area contributed by atoms with Crippen molar-refractivity contribution >= 4 is 21.9 Å². The summed E-state index contributed by atoms with van der Waals surface area (Å²) < 4.78 is 29.3. The number of carbonyl (C=O) groups is 1. The van der Waals surface area contributed by atoms with E-state index < -0.39 is 10.0 Å². The van der Waals surface area contributed by atoms with Gasteiger partial charge in [-0.15, -0.1) is 5.10 Å². The zero-order chi connectivity index (χ0) is 15.5.